The third-order valence-electron chi connectivity index (χ3n) is 11.9. The molecule has 0 amide bonds. The van der Waals surface area contributed by atoms with Crippen LogP contribution in [0.1, 0.15) is 83.3 Å². The molecular weight excluding hydrogens is 969 g/mol. The fourth-order valence-electron chi connectivity index (χ4n) is 8.63. The largest absolute Gasteiger partial charge is 0.382 e. The van der Waals surface area contributed by atoms with Crippen molar-refractivity contribution in [1.29, 1.82) is 0 Å². The van der Waals surface area contributed by atoms with Gasteiger partial charge in [-0.3, -0.25) is 18.2 Å². The number of fused-ring (bicyclic) bond motifs is 2. The number of carbonyl (C=O) groups excluding carboxylic acids is 1. The summed E-state index contributed by atoms with van der Waals surface area (Å²) in [4.78, 5) is 12.8. The van der Waals surface area contributed by atoms with E-state index in [-0.39, 0.29) is 67.6 Å². The SMILES string of the molecule is COCCOCCOCCOCCN1C(=CC=CC=CC2=[N+](CCCCCC(C)=O)c3ccc(S(=O)(=O)O)cc3C2(C)CCCS(=O)(=O)O)C(C)(CCCS(=O)(=O)O)c2cc(S(=O)(=O)O)ccc21. The molecule has 0 bridgehead atoms. The summed E-state index contributed by atoms with van der Waals surface area (Å²) in [5.41, 5.74) is 1.42. The molecule has 0 fully saturated rings. The molecule has 2 unspecified atom stereocenters. The van der Waals surface area contributed by atoms with Gasteiger partial charge in [-0.05, 0) is 101 Å². The van der Waals surface area contributed by atoms with Crippen LogP contribution in [0.3, 0.4) is 0 Å². The number of rotatable bonds is 31. The van der Waals surface area contributed by atoms with E-state index in [0.717, 1.165) is 0 Å². The summed E-state index contributed by atoms with van der Waals surface area (Å²) < 4.78 is 160. The van der Waals surface area contributed by atoms with Gasteiger partial charge in [0.1, 0.15) is 12.3 Å². The Hall–Kier alpha value is -3.72. The molecule has 2 atom stereocenters. The maximum absolute atomic E-state index is 12.4. The highest BCUT2D eigenvalue weighted by molar-refractivity contribution is 7.86. The fourth-order valence-corrected chi connectivity index (χ4v) is 10.7. The van der Waals surface area contributed by atoms with E-state index in [1.54, 1.807) is 56.5 Å². The number of anilines is 1. The Kier molecular flexibility index (Phi) is 20.8. The summed E-state index contributed by atoms with van der Waals surface area (Å²) in [5, 5.41) is 0. The van der Waals surface area contributed by atoms with E-state index in [0.29, 0.717) is 92.6 Å². The standard InChI is InChI=1S/C45H64N2O17S4/c1-35(48)13-7-6-10-22-46-40-18-16-36(67(55,56)57)33-38(40)44(2,20-11-31-65(49,50)51)42(46)14-8-5-9-15-43-45(3,21-12-32-66(52,53)54)39-34-37(68(58,59)60)17-19-41(39)47(43)23-24-62-27-28-64-30-29-63-26-25-61-4/h5,8-9,14-19,33-34H,6-7,10-13,20-32H2,1-4H3,(H3-,49,50,51,52,53,54,55,56,57,58,59,60)/p+1. The predicted octanol–water partition coefficient (Wildman–Crippen LogP) is 5.49. The van der Waals surface area contributed by atoms with Gasteiger partial charge in [0, 0.05) is 61.0 Å². The second-order valence-corrected chi connectivity index (χ2v) is 23.1. The number of allylic oxidation sites excluding steroid dienone is 6. The van der Waals surface area contributed by atoms with Gasteiger partial charge >= 0.3 is 0 Å². The monoisotopic (exact) mass is 1030 g/mol. The second-order valence-electron chi connectivity index (χ2n) is 17.1. The minimum absolute atomic E-state index is 0.00344. The van der Waals surface area contributed by atoms with E-state index in [4.69, 9.17) is 18.9 Å². The fraction of sp³-hybridized carbons (Fsp3) is 0.556. The highest BCUT2D eigenvalue weighted by Gasteiger charge is 2.48. The number of methoxy groups -OCH3 is 1. The van der Waals surface area contributed by atoms with Crippen LogP contribution in [0, 0.1) is 0 Å². The number of hydrogen-bond acceptors (Lipinski definition) is 14. The zero-order valence-corrected chi connectivity index (χ0v) is 42.2. The topological polar surface area (TPSA) is 278 Å². The van der Waals surface area contributed by atoms with Crippen LogP contribution in [0.5, 0.6) is 0 Å². The van der Waals surface area contributed by atoms with Crippen LogP contribution in [0.4, 0.5) is 11.4 Å². The maximum Gasteiger partial charge on any atom is 0.294 e. The number of ether oxygens (including phenoxy) is 4. The van der Waals surface area contributed by atoms with Gasteiger partial charge in [0.05, 0.1) is 73.0 Å². The molecule has 2 aliphatic rings. The smallest absolute Gasteiger partial charge is 0.294 e. The van der Waals surface area contributed by atoms with Crippen molar-refractivity contribution in [3.8, 4) is 0 Å². The molecule has 2 aliphatic heterocycles. The van der Waals surface area contributed by atoms with E-state index >= 15 is 0 Å². The van der Waals surface area contributed by atoms with Crippen molar-refractivity contribution in [2.45, 2.75) is 92.8 Å². The van der Waals surface area contributed by atoms with Crippen LogP contribution in [0.25, 0.3) is 0 Å². The van der Waals surface area contributed by atoms with Crippen LogP contribution < -0.4 is 4.90 Å². The molecule has 0 spiro atoms. The molecule has 4 N–H and O–H groups in total. The lowest BCUT2D eigenvalue weighted by molar-refractivity contribution is -0.438. The third kappa shape index (κ3) is 16.4. The van der Waals surface area contributed by atoms with E-state index < -0.39 is 62.8 Å². The lowest BCUT2D eigenvalue weighted by Gasteiger charge is -2.30. The molecule has 23 heteroatoms. The lowest BCUT2D eigenvalue weighted by atomic mass is 9.76. The number of carbonyl (C=O) groups is 1. The molecule has 0 aromatic heterocycles. The quantitative estimate of drug-likeness (QED) is 0.0314. The van der Waals surface area contributed by atoms with E-state index in [1.165, 1.54) is 31.2 Å². The number of hydrogen-bond donors (Lipinski definition) is 4. The van der Waals surface area contributed by atoms with Gasteiger partial charge in [-0.1, -0.05) is 18.2 Å². The van der Waals surface area contributed by atoms with Crippen LogP contribution in [-0.4, -0.2) is 146 Å². The zero-order chi connectivity index (χ0) is 50.4. The normalized spacial score (nSPS) is 19.5. The number of benzene rings is 2. The Bertz CT molecular complexity index is 2660. The molecule has 2 aromatic carbocycles. The first-order valence-corrected chi connectivity index (χ1v) is 28.3. The summed E-state index contributed by atoms with van der Waals surface area (Å²) >= 11 is 0. The van der Waals surface area contributed by atoms with Crippen LogP contribution in [0.2, 0.25) is 0 Å². The van der Waals surface area contributed by atoms with E-state index in [1.807, 2.05) is 16.4 Å². The predicted molar refractivity (Wildman–Crippen MR) is 256 cm³/mol. The Balaban J connectivity index is 1.75. The summed E-state index contributed by atoms with van der Waals surface area (Å²) in [6.45, 7) is 8.22. The van der Waals surface area contributed by atoms with Crippen molar-refractivity contribution in [1.82, 2.24) is 0 Å². The summed E-state index contributed by atoms with van der Waals surface area (Å²) in [7, 11) is -16.4. The Morgan fingerprint density at radius 2 is 1.21 bits per heavy atom. The molecule has 4 rings (SSSR count). The molecule has 0 radical (unpaired) electrons. The first kappa shape index (κ1) is 56.9. The Morgan fingerprint density at radius 3 is 1.76 bits per heavy atom. The Labute approximate surface area is 400 Å². The number of unbranched alkanes of at least 4 members (excludes halogenated alkanes) is 2. The maximum atomic E-state index is 12.4. The zero-order valence-electron chi connectivity index (χ0n) is 38.9. The molecule has 0 saturated carbocycles. The van der Waals surface area contributed by atoms with Gasteiger partial charge < -0.3 is 28.6 Å². The molecular formula is C45H65N2O17S4+. The molecule has 2 aromatic rings. The summed E-state index contributed by atoms with van der Waals surface area (Å²) in [5.74, 6) is -1.05. The van der Waals surface area contributed by atoms with Crippen molar-refractivity contribution >= 4 is 63.3 Å². The van der Waals surface area contributed by atoms with Gasteiger partial charge in [-0.2, -0.15) is 38.2 Å². The number of Topliss-reactive ketones (excluding diaryl/α,β-unsaturated/α-hetero) is 1. The number of ketones is 1. The number of nitrogens with zero attached hydrogens (tertiary/aromatic N) is 2. The average molecular weight is 1030 g/mol. The van der Waals surface area contributed by atoms with Gasteiger partial charge in [0.25, 0.3) is 40.5 Å². The average Bonchev–Trinajstić information content (AvgIpc) is 3.60. The molecule has 380 valence electrons. The first-order valence-electron chi connectivity index (χ1n) is 22.2. The lowest BCUT2D eigenvalue weighted by Crippen LogP contribution is -2.32. The molecule has 0 aliphatic carbocycles. The molecule has 0 saturated heterocycles. The third-order valence-corrected chi connectivity index (χ3v) is 15.3. The van der Waals surface area contributed by atoms with Crippen molar-refractivity contribution < 1.29 is 80.2 Å². The van der Waals surface area contributed by atoms with Gasteiger partial charge in [-0.25, -0.2) is 0 Å². The van der Waals surface area contributed by atoms with Crippen molar-refractivity contribution in [2.75, 3.05) is 82.9 Å². The molecule has 68 heavy (non-hydrogen) atoms. The highest BCUT2D eigenvalue weighted by Crippen LogP contribution is 2.51. The molecule has 19 nitrogen and oxygen atoms in total. The van der Waals surface area contributed by atoms with Crippen LogP contribution in [-0.2, 0) is 75.0 Å². The minimum Gasteiger partial charge on any atom is -0.382 e. The highest BCUT2D eigenvalue weighted by atomic mass is 32.2. The van der Waals surface area contributed by atoms with Crippen molar-refractivity contribution in [3.63, 3.8) is 0 Å². The Morgan fingerprint density at radius 1 is 0.662 bits per heavy atom. The van der Waals surface area contributed by atoms with E-state index in [2.05, 4.69) is 0 Å². The summed E-state index contributed by atoms with van der Waals surface area (Å²) in [6, 6.07) is 8.39. The first-order chi connectivity index (χ1) is 31.8. The second kappa shape index (κ2) is 24.9. The van der Waals surface area contributed by atoms with Crippen LogP contribution in [0.15, 0.2) is 82.3 Å². The van der Waals surface area contributed by atoms with Gasteiger partial charge in [0.15, 0.2) is 5.71 Å². The van der Waals surface area contributed by atoms with Gasteiger partial charge in [0.2, 0.25) is 5.69 Å². The van der Waals surface area contributed by atoms with Crippen molar-refractivity contribution in [3.05, 3.63) is 83.6 Å². The minimum atomic E-state index is -4.65. The molecule has 2 heterocycles. The van der Waals surface area contributed by atoms with Gasteiger partial charge in [-0.15, -0.1) is 0 Å². The van der Waals surface area contributed by atoms with E-state index in [9.17, 15) is 56.7 Å². The van der Waals surface area contributed by atoms with Crippen molar-refractivity contribution in [2.24, 2.45) is 0 Å². The summed E-state index contributed by atoms with van der Waals surface area (Å²) in [6.07, 6.45) is 11.4. The van der Waals surface area contributed by atoms with Crippen LogP contribution >= 0.6 is 0 Å².